The molecule has 0 spiro atoms. The molecular weight excluding hydrogens is 216 g/mol. The topological polar surface area (TPSA) is 74.3 Å². The van der Waals surface area contributed by atoms with E-state index in [1.54, 1.807) is 18.2 Å². The van der Waals surface area contributed by atoms with Gasteiger partial charge in [0, 0.05) is 0 Å². The Morgan fingerprint density at radius 3 is 2.40 bits per heavy atom. The van der Waals surface area contributed by atoms with E-state index in [9.17, 15) is 13.5 Å². The van der Waals surface area contributed by atoms with Gasteiger partial charge in [-0.3, -0.25) is 4.55 Å². The lowest BCUT2D eigenvalue weighted by Crippen LogP contribution is -2.03. The molecule has 0 fully saturated rings. The largest absolute Gasteiger partial charge is 0.294 e. The van der Waals surface area contributed by atoms with Crippen LogP contribution in [-0.4, -0.2) is 19.6 Å². The molecule has 0 aromatic heterocycles. The smallest absolute Gasteiger partial charge is 0.282 e. The summed E-state index contributed by atoms with van der Waals surface area (Å²) >= 11 is 0. The highest BCUT2D eigenvalue weighted by Crippen LogP contribution is 2.17. The van der Waals surface area contributed by atoms with Crippen molar-refractivity contribution in [3.63, 3.8) is 0 Å². The van der Waals surface area contributed by atoms with Crippen molar-refractivity contribution < 1.29 is 18.1 Å². The second-order valence-electron chi connectivity index (χ2n) is 3.24. The van der Waals surface area contributed by atoms with Crippen LogP contribution in [-0.2, 0) is 21.6 Å². The molecule has 0 aliphatic carbocycles. The van der Waals surface area contributed by atoms with Crippen molar-refractivity contribution in [2.75, 3.05) is 6.61 Å². The zero-order chi connectivity index (χ0) is 11.3. The van der Waals surface area contributed by atoms with E-state index in [-0.39, 0.29) is 11.5 Å². The molecule has 0 heterocycles. The first-order valence-corrected chi connectivity index (χ1v) is 6.13. The molecule has 15 heavy (non-hydrogen) atoms. The van der Waals surface area contributed by atoms with Crippen molar-refractivity contribution in [3.05, 3.63) is 29.8 Å². The van der Waals surface area contributed by atoms with Crippen LogP contribution in [0.4, 0.5) is 0 Å². The van der Waals surface area contributed by atoms with Crippen LogP contribution in [0.25, 0.3) is 0 Å². The molecule has 0 saturated heterocycles. The normalized spacial score (nSPS) is 11.6. The second kappa shape index (κ2) is 5.25. The molecule has 1 rings (SSSR count). The van der Waals surface area contributed by atoms with E-state index >= 15 is 0 Å². The number of hydrogen-bond donors (Lipinski definition) is 1. The molecule has 0 aliphatic heterocycles. The van der Waals surface area contributed by atoms with Gasteiger partial charge < -0.3 is 0 Å². The average Bonchev–Trinajstić information content (AvgIpc) is 2.17. The molecule has 0 unspecified atom stereocenters. The molecule has 0 amide bonds. The molecule has 1 N–H and O–H groups in total. The molecule has 83 valence electrons. The lowest BCUT2D eigenvalue weighted by Gasteiger charge is -2.05. The van der Waals surface area contributed by atoms with E-state index in [0.717, 1.165) is 0 Å². The van der Waals surface area contributed by atoms with Gasteiger partial charge in [0.25, 0.3) is 10.1 Å². The van der Waals surface area contributed by atoms with Crippen LogP contribution in [0.2, 0.25) is 0 Å². The fourth-order valence-corrected chi connectivity index (χ4v) is 2.13. The minimum Gasteiger partial charge on any atom is -0.282 e. The summed E-state index contributed by atoms with van der Waals surface area (Å²) in [4.78, 5) is -0.0594. The lowest BCUT2D eigenvalue weighted by molar-refractivity contribution is 0.187. The molecule has 0 bridgehead atoms. The van der Waals surface area contributed by atoms with Crippen LogP contribution in [0, 0.1) is 0 Å². The first-order chi connectivity index (χ1) is 7.05. The monoisotopic (exact) mass is 229 g/mol. The lowest BCUT2D eigenvalue weighted by atomic mass is 10.1. The van der Waals surface area contributed by atoms with Crippen LogP contribution in [0.1, 0.15) is 18.4 Å². The van der Waals surface area contributed by atoms with Gasteiger partial charge in [0.15, 0.2) is 0 Å². The van der Waals surface area contributed by atoms with Crippen molar-refractivity contribution in [2.24, 2.45) is 0 Å². The number of benzene rings is 1. The van der Waals surface area contributed by atoms with E-state index < -0.39 is 10.1 Å². The molecule has 1 aromatic rings. The Morgan fingerprint density at radius 2 is 1.80 bits per heavy atom. The highest BCUT2D eigenvalue weighted by Gasteiger charge is 2.13. The maximum Gasteiger partial charge on any atom is 0.294 e. The fourth-order valence-electron chi connectivity index (χ4n) is 1.38. The predicted octanol–water partition coefficient (Wildman–Crippen LogP) is 1.69. The van der Waals surface area contributed by atoms with Gasteiger partial charge in [0.1, 0.15) is 0 Å². The summed E-state index contributed by atoms with van der Waals surface area (Å²) in [5.41, 5.74) is 0.563. The van der Waals surface area contributed by atoms with Gasteiger partial charge in [0.2, 0.25) is 0 Å². The van der Waals surface area contributed by atoms with Crippen molar-refractivity contribution >= 4 is 10.1 Å². The van der Waals surface area contributed by atoms with Gasteiger partial charge >= 0.3 is 0 Å². The highest BCUT2D eigenvalue weighted by atomic mass is 32.2. The van der Waals surface area contributed by atoms with Crippen molar-refractivity contribution in [3.8, 4) is 0 Å². The Balaban J connectivity index is 2.88. The summed E-state index contributed by atoms with van der Waals surface area (Å²) in [6.07, 6.45) is 1.65. The molecule has 0 aliphatic rings. The van der Waals surface area contributed by atoms with Crippen LogP contribution >= 0.6 is 0 Å². The summed E-state index contributed by atoms with van der Waals surface area (Å²) in [6, 6.07) is 6.27. The molecule has 1 radical (unpaired) electrons. The van der Waals surface area contributed by atoms with E-state index in [1.807, 2.05) is 0 Å². The van der Waals surface area contributed by atoms with Crippen molar-refractivity contribution in [2.45, 2.75) is 24.2 Å². The highest BCUT2D eigenvalue weighted by molar-refractivity contribution is 7.85. The fraction of sp³-hybridized carbons (Fsp3) is 0.400. The third kappa shape index (κ3) is 3.62. The van der Waals surface area contributed by atoms with Crippen LogP contribution in [0.5, 0.6) is 0 Å². The van der Waals surface area contributed by atoms with Crippen LogP contribution in [0.15, 0.2) is 29.2 Å². The van der Waals surface area contributed by atoms with E-state index in [1.165, 1.54) is 6.07 Å². The molecule has 5 heteroatoms. The van der Waals surface area contributed by atoms with Crippen molar-refractivity contribution in [1.29, 1.82) is 0 Å². The molecule has 0 saturated carbocycles. The van der Waals surface area contributed by atoms with Gasteiger partial charge in [-0.2, -0.15) is 8.42 Å². The summed E-state index contributed by atoms with van der Waals surface area (Å²) in [6.45, 7) is -0.159. The molecular formula is C10H13O4S. The number of rotatable bonds is 5. The SMILES string of the molecule is [O]CCCCc1ccccc1S(=O)(=O)O. The zero-order valence-corrected chi connectivity index (χ0v) is 9.03. The zero-order valence-electron chi connectivity index (χ0n) is 8.22. The quantitative estimate of drug-likeness (QED) is 0.616. The van der Waals surface area contributed by atoms with Gasteiger partial charge in [-0.15, -0.1) is 0 Å². The van der Waals surface area contributed by atoms with E-state index in [2.05, 4.69) is 0 Å². The second-order valence-corrected chi connectivity index (χ2v) is 4.63. The number of aryl methyl sites for hydroxylation is 1. The van der Waals surface area contributed by atoms with Crippen LogP contribution in [0.3, 0.4) is 0 Å². The third-order valence-corrected chi connectivity index (χ3v) is 3.05. The summed E-state index contributed by atoms with van der Waals surface area (Å²) in [5.74, 6) is 0. The maximum atomic E-state index is 11.0. The summed E-state index contributed by atoms with van der Waals surface area (Å²) in [5, 5.41) is 10.2. The Bertz CT molecular complexity index is 411. The Labute approximate surface area is 89.3 Å². The molecule has 0 atom stereocenters. The van der Waals surface area contributed by atoms with Gasteiger partial charge in [-0.25, -0.2) is 5.11 Å². The maximum absolute atomic E-state index is 11.0. The predicted molar refractivity (Wildman–Crippen MR) is 54.7 cm³/mol. The Hall–Kier alpha value is -0.910. The minimum absolute atomic E-state index is 0.0594. The first kappa shape index (κ1) is 12.2. The number of hydrogen-bond acceptors (Lipinski definition) is 2. The Kier molecular flexibility index (Phi) is 4.26. The van der Waals surface area contributed by atoms with Crippen molar-refractivity contribution in [1.82, 2.24) is 0 Å². The van der Waals surface area contributed by atoms with E-state index in [0.29, 0.717) is 24.8 Å². The first-order valence-electron chi connectivity index (χ1n) is 4.69. The Morgan fingerprint density at radius 1 is 1.13 bits per heavy atom. The van der Waals surface area contributed by atoms with Gasteiger partial charge in [-0.1, -0.05) is 18.2 Å². The summed E-state index contributed by atoms with van der Waals surface area (Å²) in [7, 11) is -4.15. The average molecular weight is 229 g/mol. The van der Waals surface area contributed by atoms with E-state index in [4.69, 9.17) is 4.55 Å². The van der Waals surface area contributed by atoms with Gasteiger partial charge in [0.05, 0.1) is 11.5 Å². The third-order valence-electron chi connectivity index (χ3n) is 2.09. The minimum atomic E-state index is -4.15. The standard InChI is InChI=1S/C10H13O4S/c11-8-4-3-6-9-5-1-2-7-10(9)15(12,13)14/h1-2,5,7H,3-4,6,8H2,(H,12,13,14). The molecule has 4 nitrogen and oxygen atoms in total. The summed E-state index contributed by atoms with van der Waals surface area (Å²) < 4.78 is 30.9. The van der Waals surface area contributed by atoms with Gasteiger partial charge in [-0.05, 0) is 30.9 Å². The van der Waals surface area contributed by atoms with Crippen LogP contribution < -0.4 is 0 Å². The number of unbranched alkanes of at least 4 members (excludes halogenated alkanes) is 1. The molecule has 1 aromatic carbocycles.